The third-order valence-corrected chi connectivity index (χ3v) is 4.03. The van der Waals surface area contributed by atoms with E-state index in [0.717, 1.165) is 42.2 Å². The summed E-state index contributed by atoms with van der Waals surface area (Å²) in [5.74, 6) is 1.58. The Morgan fingerprint density at radius 3 is 2.81 bits per heavy atom. The average molecular weight is 380 g/mol. The third-order valence-electron chi connectivity index (χ3n) is 3.44. The van der Waals surface area contributed by atoms with Crippen molar-refractivity contribution in [2.45, 2.75) is 26.4 Å². The van der Waals surface area contributed by atoms with Gasteiger partial charge in [0.05, 0.1) is 18.2 Å². The molecule has 1 aliphatic heterocycles. The quantitative estimate of drug-likeness (QED) is 0.852. The molecule has 1 aromatic rings. The van der Waals surface area contributed by atoms with Crippen molar-refractivity contribution in [1.82, 2.24) is 10.2 Å². The number of hydrogen-bond acceptors (Lipinski definition) is 4. The maximum Gasteiger partial charge on any atom is 0.175 e. The zero-order valence-corrected chi connectivity index (χ0v) is 15.2. The highest BCUT2D eigenvalue weighted by molar-refractivity contribution is 9.10. The second kappa shape index (κ2) is 8.83. The van der Waals surface area contributed by atoms with Crippen LogP contribution in [0.4, 0.5) is 0 Å². The molecule has 1 fully saturated rings. The van der Waals surface area contributed by atoms with Gasteiger partial charge in [0.1, 0.15) is 0 Å². The normalized spacial score (nSPS) is 19.0. The Hall–Kier alpha value is -0.490. The lowest BCUT2D eigenvalue weighted by Gasteiger charge is -2.32. The van der Waals surface area contributed by atoms with Crippen LogP contribution in [0.5, 0.6) is 11.5 Å². The minimum absolute atomic E-state index is 0. The molecule has 1 saturated heterocycles. The smallest absolute Gasteiger partial charge is 0.175 e. The first-order valence-electron chi connectivity index (χ1n) is 7.09. The summed E-state index contributed by atoms with van der Waals surface area (Å²) in [6.45, 7) is 8.97. The van der Waals surface area contributed by atoms with Crippen molar-refractivity contribution in [2.24, 2.45) is 0 Å². The predicted octanol–water partition coefficient (Wildman–Crippen LogP) is 3.07. The molecule has 0 aliphatic carbocycles. The van der Waals surface area contributed by atoms with Gasteiger partial charge in [0.15, 0.2) is 11.5 Å². The van der Waals surface area contributed by atoms with E-state index < -0.39 is 0 Å². The lowest BCUT2D eigenvalue weighted by molar-refractivity contribution is 0.199. The first-order valence-corrected chi connectivity index (χ1v) is 7.88. The minimum atomic E-state index is 0. The molecule has 21 heavy (non-hydrogen) atoms. The highest BCUT2D eigenvalue weighted by Gasteiger charge is 2.17. The molecule has 0 bridgehead atoms. The molecule has 1 aromatic carbocycles. The van der Waals surface area contributed by atoms with Gasteiger partial charge in [0, 0.05) is 32.2 Å². The SMILES string of the molecule is CCOc1c(Br)cc(CN2CCN[C@H](C)C2)cc1OC.Cl. The van der Waals surface area contributed by atoms with Crippen molar-refractivity contribution >= 4 is 28.3 Å². The summed E-state index contributed by atoms with van der Waals surface area (Å²) >= 11 is 3.58. The predicted molar refractivity (Wildman–Crippen MR) is 91.9 cm³/mol. The Balaban J connectivity index is 0.00000220. The fraction of sp³-hybridized carbons (Fsp3) is 0.600. The van der Waals surface area contributed by atoms with Crippen LogP contribution in [0, 0.1) is 0 Å². The van der Waals surface area contributed by atoms with E-state index in [1.54, 1.807) is 7.11 Å². The highest BCUT2D eigenvalue weighted by Crippen LogP contribution is 2.37. The van der Waals surface area contributed by atoms with Gasteiger partial charge in [-0.2, -0.15) is 0 Å². The largest absolute Gasteiger partial charge is 0.493 e. The van der Waals surface area contributed by atoms with Crippen LogP contribution in [-0.4, -0.2) is 44.3 Å². The van der Waals surface area contributed by atoms with Gasteiger partial charge < -0.3 is 14.8 Å². The summed E-state index contributed by atoms with van der Waals surface area (Å²) in [5, 5.41) is 3.46. The number of methoxy groups -OCH3 is 1. The van der Waals surface area contributed by atoms with E-state index in [1.165, 1.54) is 5.56 Å². The molecule has 0 amide bonds. The first-order chi connectivity index (χ1) is 9.63. The first kappa shape index (κ1) is 18.6. The molecular weight excluding hydrogens is 356 g/mol. The fourth-order valence-corrected chi connectivity index (χ4v) is 3.17. The Labute approximate surface area is 141 Å². The van der Waals surface area contributed by atoms with E-state index in [0.29, 0.717) is 12.6 Å². The molecule has 1 N–H and O–H groups in total. The van der Waals surface area contributed by atoms with Crippen LogP contribution in [0.3, 0.4) is 0 Å². The van der Waals surface area contributed by atoms with Gasteiger partial charge in [-0.1, -0.05) is 0 Å². The number of ether oxygens (including phenoxy) is 2. The maximum atomic E-state index is 5.63. The highest BCUT2D eigenvalue weighted by atomic mass is 79.9. The number of piperazine rings is 1. The molecule has 0 radical (unpaired) electrons. The Kier molecular flexibility index (Phi) is 7.81. The van der Waals surface area contributed by atoms with Gasteiger partial charge in [-0.05, 0) is 47.5 Å². The van der Waals surface area contributed by atoms with Gasteiger partial charge in [0.25, 0.3) is 0 Å². The van der Waals surface area contributed by atoms with E-state index in [9.17, 15) is 0 Å². The van der Waals surface area contributed by atoms with Crippen LogP contribution in [0.25, 0.3) is 0 Å². The minimum Gasteiger partial charge on any atom is -0.493 e. The van der Waals surface area contributed by atoms with E-state index in [-0.39, 0.29) is 12.4 Å². The van der Waals surface area contributed by atoms with Crippen LogP contribution < -0.4 is 14.8 Å². The standard InChI is InChI=1S/C15H23BrN2O2.ClH/c1-4-20-15-13(16)7-12(8-14(15)19-3)10-18-6-5-17-11(2)9-18;/h7-8,11,17H,4-6,9-10H2,1-3H3;1H/t11-;/m1./s1. The number of nitrogens with zero attached hydrogens (tertiary/aromatic N) is 1. The lowest BCUT2D eigenvalue weighted by atomic mass is 10.1. The van der Waals surface area contributed by atoms with Crippen LogP contribution >= 0.6 is 28.3 Å². The molecular formula is C15H24BrClN2O2. The lowest BCUT2D eigenvalue weighted by Crippen LogP contribution is -2.48. The molecule has 4 nitrogen and oxygen atoms in total. The summed E-state index contributed by atoms with van der Waals surface area (Å²) in [4.78, 5) is 2.46. The second-order valence-corrected chi connectivity index (χ2v) is 5.99. The van der Waals surface area contributed by atoms with E-state index in [1.807, 2.05) is 6.92 Å². The second-order valence-electron chi connectivity index (χ2n) is 5.13. The summed E-state index contributed by atoms with van der Waals surface area (Å²) in [6, 6.07) is 4.75. The van der Waals surface area contributed by atoms with Crippen molar-refractivity contribution in [3.63, 3.8) is 0 Å². The van der Waals surface area contributed by atoms with Crippen LogP contribution in [0.1, 0.15) is 19.4 Å². The van der Waals surface area contributed by atoms with Gasteiger partial charge in [-0.25, -0.2) is 0 Å². The molecule has 1 atom stereocenters. The summed E-state index contributed by atoms with van der Waals surface area (Å²) in [5.41, 5.74) is 1.24. The van der Waals surface area contributed by atoms with Crippen molar-refractivity contribution in [2.75, 3.05) is 33.4 Å². The topological polar surface area (TPSA) is 33.7 Å². The van der Waals surface area contributed by atoms with Crippen molar-refractivity contribution in [1.29, 1.82) is 0 Å². The molecule has 0 unspecified atom stereocenters. The van der Waals surface area contributed by atoms with Crippen LogP contribution in [0.15, 0.2) is 16.6 Å². The Morgan fingerprint density at radius 2 is 2.19 bits per heavy atom. The van der Waals surface area contributed by atoms with Crippen LogP contribution in [-0.2, 0) is 6.54 Å². The molecule has 0 saturated carbocycles. The third kappa shape index (κ3) is 5.02. The number of rotatable bonds is 5. The van der Waals surface area contributed by atoms with Crippen molar-refractivity contribution in [3.05, 3.63) is 22.2 Å². The number of hydrogen-bond donors (Lipinski definition) is 1. The molecule has 120 valence electrons. The molecule has 1 aliphatic rings. The molecule has 6 heteroatoms. The Bertz CT molecular complexity index is 460. The number of halogens is 2. The van der Waals surface area contributed by atoms with Gasteiger partial charge in [0.2, 0.25) is 0 Å². The van der Waals surface area contributed by atoms with E-state index in [2.05, 4.69) is 45.2 Å². The van der Waals surface area contributed by atoms with E-state index in [4.69, 9.17) is 9.47 Å². The van der Waals surface area contributed by atoms with Crippen LogP contribution in [0.2, 0.25) is 0 Å². The summed E-state index contributed by atoms with van der Waals surface area (Å²) in [7, 11) is 1.68. The Morgan fingerprint density at radius 1 is 1.43 bits per heavy atom. The van der Waals surface area contributed by atoms with Gasteiger partial charge >= 0.3 is 0 Å². The molecule has 0 spiro atoms. The monoisotopic (exact) mass is 378 g/mol. The van der Waals surface area contributed by atoms with Crippen molar-refractivity contribution in [3.8, 4) is 11.5 Å². The molecule has 1 heterocycles. The molecule has 0 aromatic heterocycles. The fourth-order valence-electron chi connectivity index (χ4n) is 2.56. The van der Waals surface area contributed by atoms with E-state index >= 15 is 0 Å². The summed E-state index contributed by atoms with van der Waals surface area (Å²) in [6.07, 6.45) is 0. The molecule has 2 rings (SSSR count). The van der Waals surface area contributed by atoms with Gasteiger partial charge in [-0.3, -0.25) is 4.90 Å². The summed E-state index contributed by atoms with van der Waals surface area (Å²) < 4.78 is 12.0. The van der Waals surface area contributed by atoms with Gasteiger partial charge in [-0.15, -0.1) is 12.4 Å². The number of nitrogens with one attached hydrogen (secondary N) is 1. The average Bonchev–Trinajstić information content (AvgIpc) is 2.41. The zero-order chi connectivity index (χ0) is 14.5. The number of benzene rings is 1. The maximum absolute atomic E-state index is 5.63. The zero-order valence-electron chi connectivity index (χ0n) is 12.8. The van der Waals surface area contributed by atoms with Crippen molar-refractivity contribution < 1.29 is 9.47 Å².